The maximum atomic E-state index is 12.8. The van der Waals surface area contributed by atoms with Gasteiger partial charge >= 0.3 is 0 Å². The summed E-state index contributed by atoms with van der Waals surface area (Å²) >= 11 is 3.45. The van der Waals surface area contributed by atoms with E-state index in [2.05, 4.69) is 33.4 Å². The molecule has 4 aromatic rings. The van der Waals surface area contributed by atoms with Crippen LogP contribution in [0.2, 0.25) is 0 Å². The number of carbonyl (C=O) groups is 1. The van der Waals surface area contributed by atoms with Crippen molar-refractivity contribution in [3.8, 4) is 17.0 Å². The quantitative estimate of drug-likeness (QED) is 0.394. The Labute approximate surface area is 189 Å². The Morgan fingerprint density at radius 1 is 1.03 bits per heavy atom. The minimum absolute atomic E-state index is 0.180. The summed E-state index contributed by atoms with van der Waals surface area (Å²) in [6, 6.07) is 25.5. The van der Waals surface area contributed by atoms with E-state index in [1.54, 1.807) is 19.2 Å². The summed E-state index contributed by atoms with van der Waals surface area (Å²) in [5.41, 5.74) is 4.52. The van der Waals surface area contributed by atoms with E-state index in [0.717, 1.165) is 16.8 Å². The van der Waals surface area contributed by atoms with Gasteiger partial charge in [0.25, 0.3) is 5.91 Å². The van der Waals surface area contributed by atoms with E-state index in [1.165, 1.54) is 5.56 Å². The van der Waals surface area contributed by atoms with E-state index >= 15 is 0 Å². The van der Waals surface area contributed by atoms with Gasteiger partial charge < -0.3 is 10.1 Å². The molecule has 0 aliphatic carbocycles. The van der Waals surface area contributed by atoms with Gasteiger partial charge in [-0.15, -0.1) is 0 Å². The minimum Gasteiger partial charge on any atom is -0.497 e. The molecule has 6 heteroatoms. The summed E-state index contributed by atoms with van der Waals surface area (Å²) in [5.74, 6) is 0.453. The average molecular weight is 476 g/mol. The van der Waals surface area contributed by atoms with Gasteiger partial charge in [-0.05, 0) is 39.7 Å². The molecule has 0 saturated heterocycles. The highest BCUT2D eigenvalue weighted by Gasteiger charge is 2.15. The molecule has 0 radical (unpaired) electrons. The van der Waals surface area contributed by atoms with Crippen molar-refractivity contribution < 1.29 is 9.53 Å². The molecule has 1 N–H and O–H groups in total. The molecule has 0 aliphatic heterocycles. The van der Waals surface area contributed by atoms with Crippen molar-refractivity contribution in [2.45, 2.75) is 13.1 Å². The van der Waals surface area contributed by atoms with Gasteiger partial charge in [0.15, 0.2) is 0 Å². The van der Waals surface area contributed by atoms with Gasteiger partial charge in [0.1, 0.15) is 5.75 Å². The van der Waals surface area contributed by atoms with Crippen LogP contribution in [0.15, 0.2) is 89.5 Å². The van der Waals surface area contributed by atoms with Crippen molar-refractivity contribution in [1.29, 1.82) is 0 Å². The minimum atomic E-state index is -0.180. The van der Waals surface area contributed by atoms with Crippen molar-refractivity contribution >= 4 is 21.8 Å². The molecule has 1 heterocycles. The predicted octanol–water partition coefficient (Wildman–Crippen LogP) is 5.30. The van der Waals surface area contributed by atoms with Crippen LogP contribution in [0.3, 0.4) is 0 Å². The number of nitrogens with one attached hydrogen (secondary N) is 1. The lowest BCUT2D eigenvalue weighted by atomic mass is 10.1. The topological polar surface area (TPSA) is 56.1 Å². The van der Waals surface area contributed by atoms with Gasteiger partial charge in [-0.3, -0.25) is 9.48 Å². The van der Waals surface area contributed by atoms with Crippen LogP contribution in [0.5, 0.6) is 5.75 Å². The summed E-state index contributed by atoms with van der Waals surface area (Å²) in [6.07, 6.45) is 2.00. The van der Waals surface area contributed by atoms with E-state index in [0.29, 0.717) is 28.9 Å². The number of aromatic nitrogens is 2. The third-order valence-corrected chi connectivity index (χ3v) is 5.62. The molecule has 156 valence electrons. The molecule has 0 atom stereocenters. The number of hydrogen-bond acceptors (Lipinski definition) is 3. The third kappa shape index (κ3) is 5.03. The number of carbonyl (C=O) groups excluding carboxylic acids is 1. The zero-order chi connectivity index (χ0) is 21.6. The van der Waals surface area contributed by atoms with Crippen LogP contribution < -0.4 is 10.1 Å². The van der Waals surface area contributed by atoms with E-state index in [1.807, 2.05) is 65.5 Å². The number of amides is 1. The molecule has 0 spiro atoms. The monoisotopic (exact) mass is 475 g/mol. The van der Waals surface area contributed by atoms with Gasteiger partial charge in [0.05, 0.1) is 24.9 Å². The molecule has 4 rings (SSSR count). The Morgan fingerprint density at radius 3 is 2.45 bits per heavy atom. The van der Waals surface area contributed by atoms with Crippen molar-refractivity contribution in [3.63, 3.8) is 0 Å². The van der Waals surface area contributed by atoms with E-state index < -0.39 is 0 Å². The summed E-state index contributed by atoms with van der Waals surface area (Å²) in [7, 11) is 1.58. The van der Waals surface area contributed by atoms with Crippen LogP contribution >= 0.6 is 15.9 Å². The second-order valence-electron chi connectivity index (χ2n) is 7.08. The van der Waals surface area contributed by atoms with Gasteiger partial charge in [-0.1, -0.05) is 60.7 Å². The Bertz CT molecular complexity index is 1170. The van der Waals surface area contributed by atoms with Gasteiger partial charge in [0, 0.05) is 28.3 Å². The lowest BCUT2D eigenvalue weighted by Gasteiger charge is -2.09. The predicted molar refractivity (Wildman–Crippen MR) is 125 cm³/mol. The average Bonchev–Trinajstić information content (AvgIpc) is 3.21. The van der Waals surface area contributed by atoms with E-state index in [4.69, 9.17) is 9.84 Å². The fourth-order valence-electron chi connectivity index (χ4n) is 3.36. The number of nitrogens with zero attached hydrogens (tertiary/aromatic N) is 2. The SMILES string of the molecule is COc1ccc(Br)c(C(=O)NCc2cn(Cc3ccccc3)nc2-c2ccccc2)c1. The van der Waals surface area contributed by atoms with Gasteiger partial charge in [-0.2, -0.15) is 5.10 Å². The zero-order valence-corrected chi connectivity index (χ0v) is 18.7. The van der Waals surface area contributed by atoms with Gasteiger partial charge in [-0.25, -0.2) is 0 Å². The number of methoxy groups -OCH3 is 1. The highest BCUT2D eigenvalue weighted by molar-refractivity contribution is 9.10. The van der Waals surface area contributed by atoms with Gasteiger partial charge in [0.2, 0.25) is 0 Å². The van der Waals surface area contributed by atoms with Crippen molar-refractivity contribution in [2.24, 2.45) is 0 Å². The zero-order valence-electron chi connectivity index (χ0n) is 17.1. The lowest BCUT2D eigenvalue weighted by Crippen LogP contribution is -2.23. The number of benzene rings is 3. The number of halogens is 1. The van der Waals surface area contributed by atoms with Crippen LogP contribution in [0.25, 0.3) is 11.3 Å². The first kappa shape index (κ1) is 20.9. The molecule has 3 aromatic carbocycles. The Hall–Kier alpha value is -3.38. The Balaban J connectivity index is 1.58. The maximum Gasteiger partial charge on any atom is 0.252 e. The fraction of sp³-hybridized carbons (Fsp3) is 0.120. The first-order valence-electron chi connectivity index (χ1n) is 9.91. The lowest BCUT2D eigenvalue weighted by molar-refractivity contribution is 0.0950. The highest BCUT2D eigenvalue weighted by Crippen LogP contribution is 2.24. The van der Waals surface area contributed by atoms with Crippen LogP contribution in [0, 0.1) is 0 Å². The summed E-state index contributed by atoms with van der Waals surface area (Å²) < 4.78 is 7.88. The molecule has 5 nitrogen and oxygen atoms in total. The van der Waals surface area contributed by atoms with E-state index in [9.17, 15) is 4.79 Å². The number of rotatable bonds is 7. The highest BCUT2D eigenvalue weighted by atomic mass is 79.9. The smallest absolute Gasteiger partial charge is 0.252 e. The van der Waals surface area contributed by atoms with Crippen LogP contribution in [-0.4, -0.2) is 22.8 Å². The number of ether oxygens (including phenoxy) is 1. The molecule has 0 fully saturated rings. The second kappa shape index (κ2) is 9.62. The van der Waals surface area contributed by atoms with Crippen molar-refractivity contribution in [3.05, 3.63) is 106 Å². The Morgan fingerprint density at radius 2 is 1.74 bits per heavy atom. The Kier molecular flexibility index (Phi) is 6.48. The maximum absolute atomic E-state index is 12.8. The molecule has 0 aliphatic rings. The first-order chi connectivity index (χ1) is 15.1. The molecular weight excluding hydrogens is 454 g/mol. The summed E-state index contributed by atoms with van der Waals surface area (Å²) in [4.78, 5) is 12.8. The third-order valence-electron chi connectivity index (χ3n) is 4.93. The fourth-order valence-corrected chi connectivity index (χ4v) is 3.79. The standard InChI is InChI=1S/C25H22BrN3O2/c1-31-21-12-13-23(26)22(14-21)25(30)27-15-20-17-29(16-18-8-4-2-5-9-18)28-24(20)19-10-6-3-7-11-19/h2-14,17H,15-16H2,1H3,(H,27,30). The van der Waals surface area contributed by atoms with Crippen LogP contribution in [0.4, 0.5) is 0 Å². The van der Waals surface area contributed by atoms with Crippen molar-refractivity contribution in [1.82, 2.24) is 15.1 Å². The van der Waals surface area contributed by atoms with Crippen LogP contribution in [-0.2, 0) is 13.1 Å². The molecule has 1 aromatic heterocycles. The molecule has 0 bridgehead atoms. The molecule has 0 saturated carbocycles. The normalized spacial score (nSPS) is 10.6. The summed E-state index contributed by atoms with van der Waals surface area (Å²) in [5, 5.41) is 7.82. The molecular formula is C25H22BrN3O2. The molecule has 0 unspecified atom stereocenters. The molecule has 1 amide bonds. The van der Waals surface area contributed by atoms with Crippen molar-refractivity contribution in [2.75, 3.05) is 7.11 Å². The molecule has 31 heavy (non-hydrogen) atoms. The number of hydrogen-bond donors (Lipinski definition) is 1. The second-order valence-corrected chi connectivity index (χ2v) is 7.93. The van der Waals surface area contributed by atoms with E-state index in [-0.39, 0.29) is 5.91 Å². The first-order valence-corrected chi connectivity index (χ1v) is 10.7. The van der Waals surface area contributed by atoms with Crippen LogP contribution in [0.1, 0.15) is 21.5 Å². The largest absolute Gasteiger partial charge is 0.497 e. The summed E-state index contributed by atoms with van der Waals surface area (Å²) in [6.45, 7) is 1.03.